The van der Waals surface area contributed by atoms with Gasteiger partial charge in [0.05, 0.1) is 6.04 Å². The predicted octanol–water partition coefficient (Wildman–Crippen LogP) is -3.39. The smallest absolute Gasteiger partial charge is 0.326 e. The number of aliphatic carboxylic acids is 1. The SMILES string of the molecule is NC(=O)CCC(NC(=O)C(CS)NC(=O)C(N)CCCN=C(N)N)C(=O)N1CCCC1C(=O)O. The highest BCUT2D eigenvalue weighted by Gasteiger charge is 2.38. The number of guanidine groups is 1. The third-order valence-corrected chi connectivity index (χ3v) is 5.60. The Labute approximate surface area is 202 Å². The lowest BCUT2D eigenvalue weighted by Gasteiger charge is -2.28. The van der Waals surface area contributed by atoms with Gasteiger partial charge in [0.2, 0.25) is 23.6 Å². The van der Waals surface area contributed by atoms with Gasteiger partial charge >= 0.3 is 5.97 Å². The second kappa shape index (κ2) is 14.2. The monoisotopic (exact) mass is 502 g/mol. The van der Waals surface area contributed by atoms with Crippen LogP contribution in [0.4, 0.5) is 0 Å². The first kappa shape index (κ1) is 29.0. The number of carbonyl (C=O) groups is 5. The van der Waals surface area contributed by atoms with E-state index in [4.69, 9.17) is 22.9 Å². The number of carboxylic acids is 1. The van der Waals surface area contributed by atoms with Crippen molar-refractivity contribution in [1.29, 1.82) is 0 Å². The predicted molar refractivity (Wildman–Crippen MR) is 126 cm³/mol. The van der Waals surface area contributed by atoms with Gasteiger partial charge in [-0.05, 0) is 32.1 Å². The van der Waals surface area contributed by atoms with Crippen LogP contribution in [0.5, 0.6) is 0 Å². The number of hydrogen-bond donors (Lipinski definition) is 8. The molecule has 0 aromatic heterocycles. The summed E-state index contributed by atoms with van der Waals surface area (Å²) in [5.41, 5.74) is 21.5. The molecule has 1 heterocycles. The number of carboxylic acid groups (broad SMARTS) is 1. The van der Waals surface area contributed by atoms with E-state index in [1.165, 1.54) is 0 Å². The van der Waals surface area contributed by atoms with Crippen LogP contribution in [0.2, 0.25) is 0 Å². The van der Waals surface area contributed by atoms with E-state index < -0.39 is 53.8 Å². The minimum atomic E-state index is -1.20. The number of carbonyl (C=O) groups excluding carboxylic acids is 4. The lowest BCUT2D eigenvalue weighted by atomic mass is 10.1. The van der Waals surface area contributed by atoms with Crippen molar-refractivity contribution in [3.63, 3.8) is 0 Å². The molecular formula is C19H34N8O6S. The summed E-state index contributed by atoms with van der Waals surface area (Å²) in [4.78, 5) is 65.8. The molecule has 1 aliphatic rings. The average molecular weight is 503 g/mol. The minimum absolute atomic E-state index is 0.0751. The fourth-order valence-corrected chi connectivity index (χ4v) is 3.68. The fourth-order valence-electron chi connectivity index (χ4n) is 3.43. The molecule has 1 fully saturated rings. The summed E-state index contributed by atoms with van der Waals surface area (Å²) in [5, 5.41) is 14.3. The Bertz CT molecular complexity index is 791. The number of nitrogens with zero attached hydrogens (tertiary/aromatic N) is 2. The molecule has 0 aromatic rings. The summed E-state index contributed by atoms with van der Waals surface area (Å²) < 4.78 is 0. The van der Waals surface area contributed by atoms with Gasteiger partial charge in [-0.3, -0.25) is 24.2 Å². The summed E-state index contributed by atoms with van der Waals surface area (Å²) in [6, 6.07) is -4.28. The van der Waals surface area contributed by atoms with Gasteiger partial charge in [0.15, 0.2) is 5.96 Å². The van der Waals surface area contributed by atoms with Crippen LogP contribution in [0.25, 0.3) is 0 Å². The lowest BCUT2D eigenvalue weighted by Crippen LogP contribution is -2.57. The van der Waals surface area contributed by atoms with Crippen LogP contribution in [0.15, 0.2) is 4.99 Å². The highest BCUT2D eigenvalue weighted by Crippen LogP contribution is 2.19. The maximum Gasteiger partial charge on any atom is 0.326 e. The van der Waals surface area contributed by atoms with E-state index in [0.29, 0.717) is 12.8 Å². The van der Waals surface area contributed by atoms with E-state index in [1.54, 1.807) is 0 Å². The van der Waals surface area contributed by atoms with Gasteiger partial charge < -0.3 is 43.6 Å². The van der Waals surface area contributed by atoms with Crippen LogP contribution in [-0.4, -0.2) is 88.6 Å². The largest absolute Gasteiger partial charge is 0.480 e. The second-order valence-corrected chi connectivity index (χ2v) is 8.26. The van der Waals surface area contributed by atoms with Gasteiger partial charge in [-0.15, -0.1) is 0 Å². The Morgan fingerprint density at radius 2 is 1.71 bits per heavy atom. The van der Waals surface area contributed by atoms with Crippen LogP contribution in [0.3, 0.4) is 0 Å². The first-order chi connectivity index (χ1) is 16.0. The second-order valence-electron chi connectivity index (χ2n) is 7.89. The van der Waals surface area contributed by atoms with Gasteiger partial charge in [-0.1, -0.05) is 0 Å². The van der Waals surface area contributed by atoms with Crippen molar-refractivity contribution in [2.45, 2.75) is 62.7 Å². The Balaban J connectivity index is 2.81. The zero-order chi connectivity index (χ0) is 25.8. The molecule has 15 heteroatoms. The van der Waals surface area contributed by atoms with E-state index in [1.807, 2.05) is 0 Å². The van der Waals surface area contributed by atoms with Crippen molar-refractivity contribution in [2.24, 2.45) is 27.9 Å². The number of aliphatic imine (C=N–C) groups is 1. The highest BCUT2D eigenvalue weighted by molar-refractivity contribution is 7.80. The number of nitrogens with two attached hydrogens (primary N) is 4. The van der Waals surface area contributed by atoms with Gasteiger partial charge in [0.1, 0.15) is 18.1 Å². The van der Waals surface area contributed by atoms with Crippen molar-refractivity contribution >= 4 is 48.2 Å². The molecule has 14 nitrogen and oxygen atoms in total. The molecule has 1 rings (SSSR count). The third kappa shape index (κ3) is 9.43. The van der Waals surface area contributed by atoms with Gasteiger partial charge in [0, 0.05) is 25.3 Å². The number of likely N-dealkylation sites (tertiary alicyclic amines) is 1. The van der Waals surface area contributed by atoms with Gasteiger partial charge in [-0.2, -0.15) is 12.6 Å². The van der Waals surface area contributed by atoms with Crippen LogP contribution in [-0.2, 0) is 24.0 Å². The molecule has 0 bridgehead atoms. The number of nitrogens with one attached hydrogen (secondary N) is 2. The van der Waals surface area contributed by atoms with Crippen LogP contribution in [0.1, 0.15) is 38.5 Å². The maximum absolute atomic E-state index is 13.0. The molecule has 0 saturated carbocycles. The number of thiol groups is 1. The quantitative estimate of drug-likeness (QED) is 0.0509. The summed E-state index contributed by atoms with van der Waals surface area (Å²) >= 11 is 4.08. The standard InChI is InChI=1S/C19H34N8O6S/c20-10(3-1-7-24-19(22)23)15(29)26-12(9-34)16(30)25-11(5-6-14(21)28)17(31)27-8-2-4-13(27)18(32)33/h10-13,34H,1-9,20H2,(H2,21,28)(H,25,30)(H,26,29)(H,32,33)(H4,22,23,24). The Kier molecular flexibility index (Phi) is 12.1. The Morgan fingerprint density at radius 1 is 1.06 bits per heavy atom. The third-order valence-electron chi connectivity index (χ3n) is 5.23. The van der Waals surface area contributed by atoms with Crippen molar-refractivity contribution in [3.8, 4) is 0 Å². The fraction of sp³-hybridized carbons (Fsp3) is 0.684. The van der Waals surface area contributed by atoms with E-state index in [2.05, 4.69) is 28.3 Å². The van der Waals surface area contributed by atoms with E-state index in [0.717, 1.165) is 4.90 Å². The molecule has 192 valence electrons. The molecule has 4 unspecified atom stereocenters. The summed E-state index contributed by atoms with van der Waals surface area (Å²) in [5.74, 6) is -3.99. The van der Waals surface area contributed by atoms with Crippen LogP contribution >= 0.6 is 12.6 Å². The van der Waals surface area contributed by atoms with Crippen LogP contribution in [0, 0.1) is 0 Å². The topological polar surface area (TPSA) is 249 Å². The minimum Gasteiger partial charge on any atom is -0.480 e. The van der Waals surface area contributed by atoms with Crippen LogP contribution < -0.4 is 33.6 Å². The zero-order valence-electron chi connectivity index (χ0n) is 18.8. The highest BCUT2D eigenvalue weighted by atomic mass is 32.1. The number of amides is 4. The first-order valence-electron chi connectivity index (χ1n) is 10.8. The zero-order valence-corrected chi connectivity index (χ0v) is 19.7. The van der Waals surface area contributed by atoms with Crippen molar-refractivity contribution in [3.05, 3.63) is 0 Å². The van der Waals surface area contributed by atoms with Crippen molar-refractivity contribution in [1.82, 2.24) is 15.5 Å². The number of rotatable bonds is 14. The van der Waals surface area contributed by atoms with E-state index >= 15 is 0 Å². The lowest BCUT2D eigenvalue weighted by molar-refractivity contribution is -0.149. The molecule has 0 aromatic carbocycles. The molecule has 0 aliphatic carbocycles. The van der Waals surface area contributed by atoms with E-state index in [-0.39, 0.29) is 50.5 Å². The molecule has 4 atom stereocenters. The molecule has 1 aliphatic heterocycles. The van der Waals surface area contributed by atoms with E-state index in [9.17, 15) is 29.1 Å². The summed E-state index contributed by atoms with van der Waals surface area (Å²) in [6.07, 6.45) is 1.15. The summed E-state index contributed by atoms with van der Waals surface area (Å²) in [7, 11) is 0. The molecule has 1 saturated heterocycles. The maximum atomic E-state index is 13.0. The molecule has 0 spiro atoms. The van der Waals surface area contributed by atoms with Crippen molar-refractivity contribution in [2.75, 3.05) is 18.8 Å². The number of hydrogen-bond acceptors (Lipinski definition) is 8. The molecular weight excluding hydrogens is 468 g/mol. The van der Waals surface area contributed by atoms with Crippen molar-refractivity contribution < 1.29 is 29.1 Å². The van der Waals surface area contributed by atoms with Gasteiger partial charge in [0.25, 0.3) is 0 Å². The Morgan fingerprint density at radius 3 is 2.26 bits per heavy atom. The number of primary amides is 1. The first-order valence-corrected chi connectivity index (χ1v) is 11.4. The molecule has 0 radical (unpaired) electrons. The van der Waals surface area contributed by atoms with Gasteiger partial charge in [-0.25, -0.2) is 4.79 Å². The molecule has 11 N–H and O–H groups in total. The average Bonchev–Trinajstić information content (AvgIpc) is 3.26. The molecule has 4 amide bonds. The summed E-state index contributed by atoms with van der Waals surface area (Å²) in [6.45, 7) is 0.497. The normalized spacial score (nSPS) is 17.8. The Hall–Kier alpha value is -3.07. The molecule has 34 heavy (non-hydrogen) atoms.